The molecule has 1 unspecified atom stereocenters. The summed E-state index contributed by atoms with van der Waals surface area (Å²) in [4.78, 5) is 19.5. The van der Waals surface area contributed by atoms with Gasteiger partial charge in [-0.15, -0.1) is 4.91 Å². The van der Waals surface area contributed by atoms with Crippen LogP contribution in [-0.2, 0) is 4.79 Å². The van der Waals surface area contributed by atoms with Gasteiger partial charge in [-0.2, -0.15) is 0 Å². The van der Waals surface area contributed by atoms with Crippen molar-refractivity contribution in [1.29, 1.82) is 0 Å². The second kappa shape index (κ2) is 5.71. The molecule has 4 nitrogen and oxygen atoms in total. The smallest absolute Gasteiger partial charge is 0.137 e. The van der Waals surface area contributed by atoms with Crippen molar-refractivity contribution >= 4 is 18.2 Å². The molecule has 5 heteroatoms. The number of carbonyl (C=O) groups excluding carboxylic acids is 1. The van der Waals surface area contributed by atoms with E-state index in [4.69, 9.17) is 0 Å². The Hall–Kier alpha value is -0.420. The number of carbonyl (C=O) groups is 1. The number of hydrogen-bond acceptors (Lipinski definition) is 5. The summed E-state index contributed by atoms with van der Waals surface area (Å²) in [6, 6.07) is -0.257. The lowest BCUT2D eigenvalue weighted by Gasteiger charge is -2.02. The highest BCUT2D eigenvalue weighted by Crippen LogP contribution is 2.00. The minimum Gasteiger partial charge on any atom is -0.310 e. The van der Waals surface area contributed by atoms with Crippen LogP contribution in [0.2, 0.25) is 0 Å². The molecule has 0 aromatic heterocycles. The molecule has 0 saturated carbocycles. The molecule has 0 rings (SSSR count). The number of nitrogens with one attached hydrogen (secondary N) is 1. The van der Waals surface area contributed by atoms with Crippen LogP contribution in [0.15, 0.2) is 4.58 Å². The Morgan fingerprint density at radius 1 is 1.89 bits per heavy atom. The minimum absolute atomic E-state index is 0.257. The predicted octanol–water partition coefficient (Wildman–Crippen LogP) is 0.188. The topological polar surface area (TPSA) is 58.5 Å². The molecule has 0 aromatic carbocycles. The van der Waals surface area contributed by atoms with Crippen LogP contribution in [0.25, 0.3) is 0 Å². The molecule has 0 amide bonds. The van der Waals surface area contributed by atoms with E-state index < -0.39 is 0 Å². The van der Waals surface area contributed by atoms with E-state index >= 15 is 0 Å². The van der Waals surface area contributed by atoms with Gasteiger partial charge in [-0.05, 0) is 7.05 Å². The molecule has 52 valence electrons. The molecular weight excluding hydrogens is 140 g/mol. The van der Waals surface area contributed by atoms with Gasteiger partial charge in [-0.1, -0.05) is 0 Å². The molecule has 0 aliphatic heterocycles. The number of nitrogens with zero attached hydrogens (tertiary/aromatic N) is 1. The van der Waals surface area contributed by atoms with Gasteiger partial charge in [0, 0.05) is 22.3 Å². The van der Waals surface area contributed by atoms with E-state index in [-0.39, 0.29) is 6.04 Å². The second-order valence-corrected chi connectivity index (χ2v) is 2.14. The fourth-order valence-corrected chi connectivity index (χ4v) is 0.768. The molecule has 0 fully saturated rings. The molecule has 0 aliphatic carbocycles. The molecular formula is C4H8N2O2S. The largest absolute Gasteiger partial charge is 0.310 e. The highest BCUT2D eigenvalue weighted by Gasteiger charge is 2.02. The summed E-state index contributed by atoms with van der Waals surface area (Å²) >= 11 is 0.841. The molecule has 0 spiro atoms. The van der Waals surface area contributed by atoms with E-state index in [1.807, 2.05) is 0 Å². The molecule has 0 heterocycles. The van der Waals surface area contributed by atoms with Crippen LogP contribution in [0.5, 0.6) is 0 Å². The first-order chi connectivity index (χ1) is 4.35. The van der Waals surface area contributed by atoms with Gasteiger partial charge in [-0.25, -0.2) is 0 Å². The van der Waals surface area contributed by atoms with Gasteiger partial charge in [0.05, 0.1) is 6.04 Å². The van der Waals surface area contributed by atoms with Crippen molar-refractivity contribution in [2.45, 2.75) is 6.04 Å². The summed E-state index contributed by atoms with van der Waals surface area (Å²) in [5.74, 6) is 0.406. The molecule has 1 N–H and O–H groups in total. The van der Waals surface area contributed by atoms with Crippen LogP contribution < -0.4 is 5.32 Å². The van der Waals surface area contributed by atoms with Crippen LogP contribution in [0.1, 0.15) is 0 Å². The van der Waals surface area contributed by atoms with Crippen LogP contribution in [0, 0.1) is 4.91 Å². The van der Waals surface area contributed by atoms with E-state index in [0.717, 1.165) is 18.2 Å². The fourth-order valence-electron chi connectivity index (χ4n) is 0.301. The van der Waals surface area contributed by atoms with Gasteiger partial charge in [0.1, 0.15) is 6.29 Å². The normalized spacial score (nSPS) is 12.6. The third-order valence-corrected chi connectivity index (χ3v) is 1.46. The summed E-state index contributed by atoms with van der Waals surface area (Å²) < 4.78 is 2.54. The standard InChI is InChI=1S/C4H8N2O2S/c1-5-4(2-7)3-9-6-8/h2,4-5H,3H2,1H3. The number of likely N-dealkylation sites (N-methyl/N-ethyl adjacent to an activating group) is 1. The Morgan fingerprint density at radius 3 is 2.89 bits per heavy atom. The molecule has 0 radical (unpaired) electrons. The summed E-state index contributed by atoms with van der Waals surface area (Å²) in [5, 5.41) is 2.70. The maximum absolute atomic E-state index is 10.0. The van der Waals surface area contributed by atoms with E-state index in [0.29, 0.717) is 5.75 Å². The Labute approximate surface area is 57.5 Å². The lowest BCUT2D eigenvalue weighted by Crippen LogP contribution is -2.28. The van der Waals surface area contributed by atoms with Crippen molar-refractivity contribution in [3.8, 4) is 0 Å². The summed E-state index contributed by atoms with van der Waals surface area (Å²) in [7, 11) is 1.66. The van der Waals surface area contributed by atoms with Crippen molar-refractivity contribution < 1.29 is 4.79 Å². The van der Waals surface area contributed by atoms with Crippen LogP contribution in [0.3, 0.4) is 0 Å². The Morgan fingerprint density at radius 2 is 2.56 bits per heavy atom. The van der Waals surface area contributed by atoms with Gasteiger partial charge in [0.15, 0.2) is 0 Å². The molecule has 0 aromatic rings. The average Bonchev–Trinajstić information content (AvgIpc) is 1.91. The monoisotopic (exact) mass is 148 g/mol. The van der Waals surface area contributed by atoms with E-state index in [2.05, 4.69) is 9.90 Å². The van der Waals surface area contributed by atoms with E-state index in [1.165, 1.54) is 0 Å². The van der Waals surface area contributed by atoms with Gasteiger partial charge in [-0.3, -0.25) is 0 Å². The highest BCUT2D eigenvalue weighted by atomic mass is 32.2. The number of aldehydes is 1. The summed E-state index contributed by atoms with van der Waals surface area (Å²) in [5.41, 5.74) is 0. The van der Waals surface area contributed by atoms with Crippen molar-refractivity contribution in [3.05, 3.63) is 4.91 Å². The number of hydrogen-bond donors (Lipinski definition) is 1. The summed E-state index contributed by atoms with van der Waals surface area (Å²) in [6.45, 7) is 0. The quantitative estimate of drug-likeness (QED) is 0.343. The lowest BCUT2D eigenvalue weighted by atomic mass is 10.4. The Kier molecular flexibility index (Phi) is 5.45. The molecule has 1 atom stereocenters. The zero-order valence-corrected chi connectivity index (χ0v) is 5.85. The maximum atomic E-state index is 10.0. The van der Waals surface area contributed by atoms with Crippen LogP contribution >= 0.6 is 11.9 Å². The van der Waals surface area contributed by atoms with E-state index in [9.17, 15) is 9.70 Å². The van der Waals surface area contributed by atoms with E-state index in [1.54, 1.807) is 7.05 Å². The number of rotatable bonds is 5. The highest BCUT2D eigenvalue weighted by molar-refractivity contribution is 7.97. The second-order valence-electron chi connectivity index (χ2n) is 1.40. The first-order valence-corrected chi connectivity index (χ1v) is 3.36. The zero-order valence-electron chi connectivity index (χ0n) is 5.03. The van der Waals surface area contributed by atoms with Crippen molar-refractivity contribution in [3.63, 3.8) is 0 Å². The van der Waals surface area contributed by atoms with Crippen LogP contribution in [0.4, 0.5) is 0 Å². The van der Waals surface area contributed by atoms with Crippen molar-refractivity contribution in [2.24, 2.45) is 4.58 Å². The van der Waals surface area contributed by atoms with Gasteiger partial charge in [0.25, 0.3) is 0 Å². The van der Waals surface area contributed by atoms with Crippen molar-refractivity contribution in [2.75, 3.05) is 12.8 Å². The van der Waals surface area contributed by atoms with Gasteiger partial charge in [0.2, 0.25) is 0 Å². The molecule has 0 saturated heterocycles. The molecule has 0 aliphatic rings. The first kappa shape index (κ1) is 8.58. The predicted molar refractivity (Wildman–Crippen MR) is 37.2 cm³/mol. The summed E-state index contributed by atoms with van der Waals surface area (Å²) in [6.07, 6.45) is 0.748. The third-order valence-electron chi connectivity index (χ3n) is 0.842. The Balaban J connectivity index is 3.30. The number of nitroso groups, excluding NO2 is 1. The minimum atomic E-state index is -0.257. The zero-order chi connectivity index (χ0) is 7.11. The van der Waals surface area contributed by atoms with Gasteiger partial charge >= 0.3 is 0 Å². The average molecular weight is 148 g/mol. The third kappa shape index (κ3) is 4.11. The maximum Gasteiger partial charge on any atom is 0.137 e. The Bertz CT molecular complexity index is 98.6. The molecule has 9 heavy (non-hydrogen) atoms. The lowest BCUT2D eigenvalue weighted by molar-refractivity contribution is -0.109. The SMILES string of the molecule is CNC(C=O)CSN=O. The van der Waals surface area contributed by atoms with Crippen LogP contribution in [-0.4, -0.2) is 25.1 Å². The first-order valence-electron chi connectivity index (χ1n) is 2.42. The van der Waals surface area contributed by atoms with Gasteiger partial charge < -0.3 is 10.1 Å². The molecule has 0 bridgehead atoms. The fraction of sp³-hybridized carbons (Fsp3) is 0.750. The van der Waals surface area contributed by atoms with Crippen molar-refractivity contribution in [1.82, 2.24) is 5.32 Å².